The van der Waals surface area contributed by atoms with Crippen LogP contribution in [0.1, 0.15) is 37.0 Å². The van der Waals surface area contributed by atoms with Crippen LogP contribution in [0.4, 0.5) is 11.4 Å². The van der Waals surface area contributed by atoms with Gasteiger partial charge in [0.25, 0.3) is 11.6 Å². The highest BCUT2D eigenvalue weighted by molar-refractivity contribution is 5.96. The van der Waals surface area contributed by atoms with Crippen molar-refractivity contribution in [3.63, 3.8) is 0 Å². The highest BCUT2D eigenvalue weighted by atomic mass is 16.6. The number of rotatable bonds is 7. The molecule has 1 fully saturated rings. The number of carbonyl (C=O) groups is 1. The summed E-state index contributed by atoms with van der Waals surface area (Å²) in [7, 11) is 0. The number of hydrogen-bond acceptors (Lipinski definition) is 4. The second-order valence-electron chi connectivity index (χ2n) is 5.31. The summed E-state index contributed by atoms with van der Waals surface area (Å²) >= 11 is 0. The fraction of sp³-hybridized carbons (Fsp3) is 0.533. The van der Waals surface area contributed by atoms with Crippen LogP contribution in [0, 0.1) is 16.0 Å². The predicted octanol–water partition coefficient (Wildman–Crippen LogP) is 2.90. The summed E-state index contributed by atoms with van der Waals surface area (Å²) in [6, 6.07) is 4.52. The van der Waals surface area contributed by atoms with Crippen LogP contribution in [0.5, 0.6) is 0 Å². The quantitative estimate of drug-likeness (QED) is 0.619. The molecule has 114 valence electrons. The highest BCUT2D eigenvalue weighted by Crippen LogP contribution is 2.31. The van der Waals surface area contributed by atoms with E-state index in [-0.39, 0.29) is 11.6 Å². The molecule has 2 rings (SSSR count). The molecule has 1 aliphatic carbocycles. The minimum absolute atomic E-state index is 0.00126. The van der Waals surface area contributed by atoms with E-state index in [1.165, 1.54) is 25.0 Å². The van der Waals surface area contributed by atoms with Gasteiger partial charge in [-0.1, -0.05) is 0 Å². The van der Waals surface area contributed by atoms with Gasteiger partial charge >= 0.3 is 0 Å². The Morgan fingerprint density at radius 1 is 1.43 bits per heavy atom. The van der Waals surface area contributed by atoms with Crippen LogP contribution < -0.4 is 5.32 Å². The minimum atomic E-state index is -0.436. The maximum Gasteiger partial charge on any atom is 0.292 e. The zero-order valence-electron chi connectivity index (χ0n) is 12.5. The van der Waals surface area contributed by atoms with Gasteiger partial charge in [0.2, 0.25) is 0 Å². The lowest BCUT2D eigenvalue weighted by atomic mass is 10.1. The Morgan fingerprint density at radius 3 is 2.67 bits per heavy atom. The van der Waals surface area contributed by atoms with Gasteiger partial charge in [0.1, 0.15) is 5.69 Å². The fourth-order valence-electron chi connectivity index (χ4n) is 2.31. The van der Waals surface area contributed by atoms with E-state index in [2.05, 4.69) is 5.32 Å². The van der Waals surface area contributed by atoms with E-state index < -0.39 is 4.92 Å². The number of nitrogens with one attached hydrogen (secondary N) is 1. The van der Waals surface area contributed by atoms with Crippen LogP contribution in [0.2, 0.25) is 0 Å². The van der Waals surface area contributed by atoms with Crippen molar-refractivity contribution >= 4 is 17.3 Å². The van der Waals surface area contributed by atoms with Crippen LogP contribution in [-0.4, -0.2) is 35.4 Å². The molecule has 0 bridgehead atoms. The summed E-state index contributed by atoms with van der Waals surface area (Å²) in [5.41, 5.74) is 0.897. The van der Waals surface area contributed by atoms with Crippen molar-refractivity contribution in [2.75, 3.05) is 25.0 Å². The van der Waals surface area contributed by atoms with Crippen molar-refractivity contribution in [1.82, 2.24) is 4.90 Å². The lowest BCUT2D eigenvalue weighted by molar-refractivity contribution is -0.384. The molecule has 1 aliphatic rings. The molecular formula is C15H21N3O3. The van der Waals surface area contributed by atoms with Crippen LogP contribution in [-0.2, 0) is 0 Å². The molecule has 0 radical (unpaired) electrons. The molecule has 0 saturated heterocycles. The molecule has 6 heteroatoms. The van der Waals surface area contributed by atoms with Gasteiger partial charge in [-0.05, 0) is 44.7 Å². The number of hydrogen-bond donors (Lipinski definition) is 1. The van der Waals surface area contributed by atoms with Crippen molar-refractivity contribution in [3.8, 4) is 0 Å². The molecular weight excluding hydrogens is 270 g/mol. The summed E-state index contributed by atoms with van der Waals surface area (Å²) in [5.74, 6) is 0.568. The Hall–Kier alpha value is -2.11. The van der Waals surface area contributed by atoms with Crippen LogP contribution >= 0.6 is 0 Å². The van der Waals surface area contributed by atoms with Gasteiger partial charge in [0.15, 0.2) is 0 Å². The molecule has 0 aromatic heterocycles. The highest BCUT2D eigenvalue weighted by Gasteiger charge is 2.27. The van der Waals surface area contributed by atoms with E-state index in [0.717, 1.165) is 6.54 Å². The molecule has 0 spiro atoms. The van der Waals surface area contributed by atoms with Crippen LogP contribution in [0.25, 0.3) is 0 Å². The van der Waals surface area contributed by atoms with E-state index >= 15 is 0 Å². The third-order valence-electron chi connectivity index (χ3n) is 3.65. The molecule has 1 saturated carbocycles. The summed E-state index contributed by atoms with van der Waals surface area (Å²) in [5, 5.41) is 13.9. The third kappa shape index (κ3) is 3.71. The summed E-state index contributed by atoms with van der Waals surface area (Å²) in [6.45, 7) is 5.82. The second kappa shape index (κ2) is 6.56. The maximum absolute atomic E-state index is 12.5. The number of amides is 1. The first-order chi connectivity index (χ1) is 10.1. The van der Waals surface area contributed by atoms with E-state index in [1.54, 1.807) is 6.07 Å². The van der Waals surface area contributed by atoms with Crippen molar-refractivity contribution in [2.45, 2.75) is 26.7 Å². The van der Waals surface area contributed by atoms with Crippen LogP contribution in [0.3, 0.4) is 0 Å². The molecule has 0 unspecified atom stereocenters. The van der Waals surface area contributed by atoms with Gasteiger partial charge < -0.3 is 10.2 Å². The van der Waals surface area contributed by atoms with E-state index in [0.29, 0.717) is 30.3 Å². The third-order valence-corrected chi connectivity index (χ3v) is 3.65. The summed E-state index contributed by atoms with van der Waals surface area (Å²) in [4.78, 5) is 24.9. The van der Waals surface area contributed by atoms with Crippen molar-refractivity contribution < 1.29 is 9.72 Å². The minimum Gasteiger partial charge on any atom is -0.380 e. The van der Waals surface area contributed by atoms with Crippen LogP contribution in [0.15, 0.2) is 18.2 Å². The number of benzene rings is 1. The summed E-state index contributed by atoms with van der Waals surface area (Å²) in [6.07, 6.45) is 2.37. The van der Waals surface area contributed by atoms with E-state index in [4.69, 9.17) is 0 Å². The van der Waals surface area contributed by atoms with E-state index in [1.807, 2.05) is 18.7 Å². The Morgan fingerprint density at radius 2 is 2.14 bits per heavy atom. The van der Waals surface area contributed by atoms with Gasteiger partial charge in [-0.25, -0.2) is 0 Å². The molecule has 0 heterocycles. The average Bonchev–Trinajstić information content (AvgIpc) is 3.28. The number of nitro groups is 1. The molecule has 1 amide bonds. The first-order valence-electron chi connectivity index (χ1n) is 7.38. The lowest BCUT2D eigenvalue weighted by Crippen LogP contribution is -2.32. The molecule has 1 aromatic carbocycles. The average molecular weight is 291 g/mol. The Kier molecular flexibility index (Phi) is 4.77. The lowest BCUT2D eigenvalue weighted by Gasteiger charge is -2.21. The largest absolute Gasteiger partial charge is 0.380 e. The summed E-state index contributed by atoms with van der Waals surface area (Å²) < 4.78 is 0. The molecule has 6 nitrogen and oxygen atoms in total. The number of nitro benzene ring substituents is 1. The zero-order chi connectivity index (χ0) is 15.4. The predicted molar refractivity (Wildman–Crippen MR) is 81.6 cm³/mol. The van der Waals surface area contributed by atoms with Crippen molar-refractivity contribution in [2.24, 2.45) is 5.92 Å². The second-order valence-corrected chi connectivity index (χ2v) is 5.31. The molecule has 21 heavy (non-hydrogen) atoms. The molecule has 1 aromatic rings. The van der Waals surface area contributed by atoms with Gasteiger partial charge in [0.05, 0.1) is 4.92 Å². The number of nitrogens with zero attached hydrogens (tertiary/aromatic N) is 2. The first-order valence-corrected chi connectivity index (χ1v) is 7.38. The Bertz CT molecular complexity index is 541. The normalized spacial score (nSPS) is 13.8. The topological polar surface area (TPSA) is 75.5 Å². The van der Waals surface area contributed by atoms with Gasteiger partial charge in [-0.15, -0.1) is 0 Å². The molecule has 1 N–H and O–H groups in total. The first kappa shape index (κ1) is 15.3. The van der Waals surface area contributed by atoms with Gasteiger partial charge in [0, 0.05) is 31.3 Å². The van der Waals surface area contributed by atoms with E-state index in [9.17, 15) is 14.9 Å². The smallest absolute Gasteiger partial charge is 0.292 e. The van der Waals surface area contributed by atoms with Gasteiger partial charge in [-0.2, -0.15) is 0 Å². The van der Waals surface area contributed by atoms with Crippen molar-refractivity contribution in [3.05, 3.63) is 33.9 Å². The molecule has 0 aliphatic heterocycles. The Labute approximate surface area is 124 Å². The number of anilines is 1. The fourth-order valence-corrected chi connectivity index (χ4v) is 2.31. The van der Waals surface area contributed by atoms with Gasteiger partial charge in [-0.3, -0.25) is 14.9 Å². The monoisotopic (exact) mass is 291 g/mol. The number of carbonyl (C=O) groups excluding carboxylic acids is 1. The zero-order valence-corrected chi connectivity index (χ0v) is 12.5. The molecule has 0 atom stereocenters. The Balaban J connectivity index is 2.23. The maximum atomic E-state index is 12.5. The SMILES string of the molecule is CCNc1cc(C(=O)N(CC)CC2CC2)ccc1[N+](=O)[O-]. The van der Waals surface area contributed by atoms with Crippen molar-refractivity contribution in [1.29, 1.82) is 0 Å². The standard InChI is InChI=1S/C15H21N3O3/c1-3-16-13-9-12(7-8-14(13)18(20)21)15(19)17(4-2)10-11-5-6-11/h7-9,11,16H,3-6,10H2,1-2H3.